The number of hydrogen-bond donors (Lipinski definition) is 1. The largest absolute Gasteiger partial charge is 0.439 e. The van der Waals surface area contributed by atoms with Gasteiger partial charge in [-0.15, -0.1) is 0 Å². The molecule has 0 spiro atoms. The molecule has 1 aromatic heterocycles. The zero-order valence-electron chi connectivity index (χ0n) is 11.7. The van der Waals surface area contributed by atoms with Crippen molar-refractivity contribution in [2.75, 3.05) is 0 Å². The van der Waals surface area contributed by atoms with E-state index in [1.165, 1.54) is 6.07 Å². The van der Waals surface area contributed by atoms with Crippen LogP contribution in [0.3, 0.4) is 0 Å². The lowest BCUT2D eigenvalue weighted by Gasteiger charge is -2.10. The summed E-state index contributed by atoms with van der Waals surface area (Å²) in [6.45, 7) is 3.74. The molecular weight excluding hydrogens is 264 g/mol. The maximum absolute atomic E-state index is 13.2. The smallest absolute Gasteiger partial charge is 0.221 e. The molecule has 1 aromatic carbocycles. The summed E-state index contributed by atoms with van der Waals surface area (Å²) < 4.78 is 33.3. The van der Waals surface area contributed by atoms with Gasteiger partial charge in [-0.1, -0.05) is 0 Å². The van der Waals surface area contributed by atoms with Crippen molar-refractivity contribution < 1.29 is 13.5 Å². The molecule has 0 saturated heterocycles. The highest BCUT2D eigenvalue weighted by molar-refractivity contribution is 5.36. The third kappa shape index (κ3) is 2.96. The fraction of sp³-hybridized carbons (Fsp3) is 0.357. The number of hydrogen-bond acceptors (Lipinski definition) is 3. The van der Waals surface area contributed by atoms with Gasteiger partial charge in [-0.05, 0) is 32.4 Å². The molecule has 6 heteroatoms. The van der Waals surface area contributed by atoms with E-state index in [1.54, 1.807) is 11.7 Å². The van der Waals surface area contributed by atoms with Crippen molar-refractivity contribution in [1.29, 1.82) is 0 Å². The van der Waals surface area contributed by atoms with Gasteiger partial charge in [-0.3, -0.25) is 0 Å². The minimum Gasteiger partial charge on any atom is -0.439 e. The highest BCUT2D eigenvalue weighted by Crippen LogP contribution is 2.28. The molecule has 1 unspecified atom stereocenters. The zero-order chi connectivity index (χ0) is 14.9. The molecule has 0 aliphatic carbocycles. The van der Waals surface area contributed by atoms with Gasteiger partial charge in [-0.2, -0.15) is 5.10 Å². The van der Waals surface area contributed by atoms with E-state index < -0.39 is 11.6 Å². The van der Waals surface area contributed by atoms with Crippen LogP contribution < -0.4 is 10.5 Å². The summed E-state index contributed by atoms with van der Waals surface area (Å²) >= 11 is 0. The van der Waals surface area contributed by atoms with Crippen LogP contribution in [0.5, 0.6) is 11.6 Å². The number of ether oxygens (including phenoxy) is 1. The van der Waals surface area contributed by atoms with Crippen LogP contribution in [-0.2, 0) is 13.5 Å². The van der Waals surface area contributed by atoms with Gasteiger partial charge >= 0.3 is 0 Å². The molecule has 1 atom stereocenters. The Morgan fingerprint density at radius 3 is 2.65 bits per heavy atom. The molecule has 0 saturated carbocycles. The molecule has 0 amide bonds. The molecule has 0 radical (unpaired) electrons. The summed E-state index contributed by atoms with van der Waals surface area (Å²) in [4.78, 5) is 0. The van der Waals surface area contributed by atoms with E-state index in [0.29, 0.717) is 12.3 Å². The van der Waals surface area contributed by atoms with Crippen molar-refractivity contribution in [1.82, 2.24) is 9.78 Å². The highest BCUT2D eigenvalue weighted by Gasteiger charge is 2.17. The molecule has 2 N–H and O–H groups in total. The maximum atomic E-state index is 13.2. The lowest BCUT2D eigenvalue weighted by molar-refractivity contribution is 0.416. The van der Waals surface area contributed by atoms with Crippen LogP contribution in [0.15, 0.2) is 18.2 Å². The molecule has 2 rings (SSSR count). The van der Waals surface area contributed by atoms with Crippen molar-refractivity contribution in [2.45, 2.75) is 26.3 Å². The first kappa shape index (κ1) is 14.5. The second-order valence-electron chi connectivity index (χ2n) is 4.85. The molecule has 0 bridgehead atoms. The minimum absolute atomic E-state index is 0.0507. The third-order valence-corrected chi connectivity index (χ3v) is 2.92. The van der Waals surface area contributed by atoms with Gasteiger partial charge < -0.3 is 10.5 Å². The van der Waals surface area contributed by atoms with Crippen molar-refractivity contribution >= 4 is 0 Å². The maximum Gasteiger partial charge on any atom is 0.221 e. The van der Waals surface area contributed by atoms with Gasteiger partial charge in [0, 0.05) is 24.7 Å². The number of halogens is 2. The summed E-state index contributed by atoms with van der Waals surface area (Å²) in [7, 11) is 1.73. The number of nitrogens with zero attached hydrogens (tertiary/aromatic N) is 2. The van der Waals surface area contributed by atoms with Gasteiger partial charge in [0.15, 0.2) is 11.6 Å². The third-order valence-electron chi connectivity index (χ3n) is 2.92. The molecule has 0 aliphatic heterocycles. The molecule has 20 heavy (non-hydrogen) atoms. The molecule has 0 fully saturated rings. The predicted molar refractivity (Wildman–Crippen MR) is 71.7 cm³/mol. The van der Waals surface area contributed by atoms with Crippen LogP contribution in [0.2, 0.25) is 0 Å². The average molecular weight is 281 g/mol. The van der Waals surface area contributed by atoms with Gasteiger partial charge in [0.1, 0.15) is 5.75 Å². The normalized spacial score (nSPS) is 12.5. The standard InChI is InChI=1S/C14H17F2N3O/c1-8(17)6-11-9(2)18-19(3)14(11)20-10-4-5-12(15)13(16)7-10/h4-5,7-8H,6,17H2,1-3H3. The lowest BCUT2D eigenvalue weighted by Crippen LogP contribution is -2.18. The lowest BCUT2D eigenvalue weighted by atomic mass is 10.1. The molecule has 108 valence electrons. The number of aryl methyl sites for hydroxylation is 2. The van der Waals surface area contributed by atoms with Gasteiger partial charge in [0.05, 0.1) is 5.69 Å². The Labute approximate surface area is 116 Å². The zero-order valence-corrected chi connectivity index (χ0v) is 11.7. The number of aromatic nitrogens is 2. The van der Waals surface area contributed by atoms with Crippen LogP contribution in [-0.4, -0.2) is 15.8 Å². The Bertz CT molecular complexity index is 623. The summed E-state index contributed by atoms with van der Waals surface area (Å²) in [6, 6.07) is 3.35. The highest BCUT2D eigenvalue weighted by atomic mass is 19.2. The second-order valence-corrected chi connectivity index (χ2v) is 4.85. The Hall–Kier alpha value is -1.95. The van der Waals surface area contributed by atoms with Crippen molar-refractivity contribution in [3.05, 3.63) is 41.1 Å². The van der Waals surface area contributed by atoms with Crippen LogP contribution in [0, 0.1) is 18.6 Å². The van der Waals surface area contributed by atoms with Crippen molar-refractivity contribution in [3.8, 4) is 11.6 Å². The van der Waals surface area contributed by atoms with Gasteiger partial charge in [-0.25, -0.2) is 13.5 Å². The first-order valence-corrected chi connectivity index (χ1v) is 6.29. The topological polar surface area (TPSA) is 53.1 Å². The monoisotopic (exact) mass is 281 g/mol. The predicted octanol–water partition coefficient (Wildman–Crippen LogP) is 2.69. The van der Waals surface area contributed by atoms with E-state index in [-0.39, 0.29) is 11.8 Å². The number of rotatable bonds is 4. The summed E-state index contributed by atoms with van der Waals surface area (Å²) in [5.74, 6) is -1.15. The average Bonchev–Trinajstić information content (AvgIpc) is 2.60. The van der Waals surface area contributed by atoms with E-state index in [1.807, 2.05) is 13.8 Å². The quantitative estimate of drug-likeness (QED) is 0.937. The second kappa shape index (κ2) is 5.58. The first-order chi connectivity index (χ1) is 9.38. The SMILES string of the molecule is Cc1nn(C)c(Oc2ccc(F)c(F)c2)c1CC(C)N. The van der Waals surface area contributed by atoms with Crippen molar-refractivity contribution in [3.63, 3.8) is 0 Å². The number of nitrogens with two attached hydrogens (primary N) is 1. The van der Waals surface area contributed by atoms with E-state index in [9.17, 15) is 8.78 Å². The molecular formula is C14H17F2N3O. The fourth-order valence-corrected chi connectivity index (χ4v) is 2.02. The number of benzene rings is 1. The van der Waals surface area contributed by atoms with Gasteiger partial charge in [0.25, 0.3) is 0 Å². The Kier molecular flexibility index (Phi) is 4.04. The van der Waals surface area contributed by atoms with Crippen LogP contribution >= 0.6 is 0 Å². The van der Waals surface area contributed by atoms with Crippen LogP contribution in [0.4, 0.5) is 8.78 Å². The Morgan fingerprint density at radius 1 is 1.35 bits per heavy atom. The van der Waals surface area contributed by atoms with E-state index in [0.717, 1.165) is 23.4 Å². The Balaban J connectivity index is 2.34. The minimum atomic E-state index is -0.949. The van der Waals surface area contributed by atoms with E-state index in [4.69, 9.17) is 10.5 Å². The summed E-state index contributed by atoms with van der Waals surface area (Å²) in [5, 5.41) is 4.27. The van der Waals surface area contributed by atoms with E-state index in [2.05, 4.69) is 5.10 Å². The molecule has 0 aliphatic rings. The Morgan fingerprint density at radius 2 is 2.05 bits per heavy atom. The molecule has 1 heterocycles. The van der Waals surface area contributed by atoms with Crippen LogP contribution in [0.1, 0.15) is 18.2 Å². The fourth-order valence-electron chi connectivity index (χ4n) is 2.02. The van der Waals surface area contributed by atoms with Gasteiger partial charge in [0.2, 0.25) is 5.88 Å². The molecule has 2 aromatic rings. The summed E-state index contributed by atoms with van der Waals surface area (Å²) in [6.07, 6.45) is 0.596. The summed E-state index contributed by atoms with van der Waals surface area (Å²) in [5.41, 5.74) is 7.48. The first-order valence-electron chi connectivity index (χ1n) is 6.29. The van der Waals surface area contributed by atoms with Crippen molar-refractivity contribution in [2.24, 2.45) is 12.8 Å². The van der Waals surface area contributed by atoms with Crippen LogP contribution in [0.25, 0.3) is 0 Å². The molecule has 4 nitrogen and oxygen atoms in total. The van der Waals surface area contributed by atoms with E-state index >= 15 is 0 Å².